The van der Waals surface area contributed by atoms with E-state index < -0.39 is 0 Å². The predicted molar refractivity (Wildman–Crippen MR) is 84.4 cm³/mol. The lowest BCUT2D eigenvalue weighted by atomic mass is 9.89. The molecule has 104 valence electrons. The van der Waals surface area contributed by atoms with Crippen LogP contribution < -0.4 is 0 Å². The first-order valence-electron chi connectivity index (χ1n) is 7.56. The maximum Gasteiger partial charge on any atom is 0.142 e. The highest BCUT2D eigenvalue weighted by Gasteiger charge is 2.09. The standard InChI is InChI=1S/C18H21NO/c1-2-6-15(7-3-1)8-5-12-19-14-17-10-4-9-16-11-13-20-18(16)17/h4-5,8-11,13-15H,1-3,6-7,12H2. The van der Waals surface area contributed by atoms with E-state index >= 15 is 0 Å². The van der Waals surface area contributed by atoms with Crippen molar-refractivity contribution in [2.75, 3.05) is 6.54 Å². The number of rotatable bonds is 4. The van der Waals surface area contributed by atoms with Crippen LogP contribution in [0.3, 0.4) is 0 Å². The average molecular weight is 267 g/mol. The summed E-state index contributed by atoms with van der Waals surface area (Å²) >= 11 is 0. The number of aliphatic imine (C=N–C) groups is 1. The van der Waals surface area contributed by atoms with E-state index in [0.717, 1.165) is 29.0 Å². The lowest BCUT2D eigenvalue weighted by Gasteiger charge is -2.17. The largest absolute Gasteiger partial charge is 0.464 e. The van der Waals surface area contributed by atoms with E-state index in [1.165, 1.54) is 32.1 Å². The van der Waals surface area contributed by atoms with Crippen LogP contribution in [0.1, 0.15) is 37.7 Å². The van der Waals surface area contributed by atoms with Gasteiger partial charge in [0.2, 0.25) is 0 Å². The molecular weight excluding hydrogens is 246 g/mol. The molecule has 0 saturated heterocycles. The summed E-state index contributed by atoms with van der Waals surface area (Å²) in [5.74, 6) is 0.785. The lowest BCUT2D eigenvalue weighted by molar-refractivity contribution is 0.419. The van der Waals surface area contributed by atoms with Gasteiger partial charge in [0, 0.05) is 17.2 Å². The molecule has 0 bridgehead atoms. The second kappa shape index (κ2) is 6.56. The fourth-order valence-corrected chi connectivity index (χ4v) is 2.91. The van der Waals surface area contributed by atoms with Crippen molar-refractivity contribution in [2.24, 2.45) is 10.9 Å². The third-order valence-corrected chi connectivity index (χ3v) is 4.01. The molecule has 0 N–H and O–H groups in total. The molecule has 2 aromatic rings. The Morgan fingerprint density at radius 3 is 2.95 bits per heavy atom. The fraction of sp³-hybridized carbons (Fsp3) is 0.389. The molecule has 2 heteroatoms. The van der Waals surface area contributed by atoms with Crippen LogP contribution in [0, 0.1) is 5.92 Å². The normalized spacial score (nSPS) is 17.6. The molecule has 0 radical (unpaired) electrons. The van der Waals surface area contributed by atoms with Crippen LogP contribution in [0.15, 0.2) is 52.1 Å². The van der Waals surface area contributed by atoms with Crippen LogP contribution in [0.4, 0.5) is 0 Å². The van der Waals surface area contributed by atoms with Crippen molar-refractivity contribution in [1.29, 1.82) is 0 Å². The highest BCUT2D eigenvalue weighted by atomic mass is 16.3. The number of fused-ring (bicyclic) bond motifs is 1. The van der Waals surface area contributed by atoms with Crippen LogP contribution in [0.25, 0.3) is 11.0 Å². The zero-order valence-electron chi connectivity index (χ0n) is 11.8. The molecule has 2 nitrogen and oxygen atoms in total. The molecule has 1 aliphatic carbocycles. The van der Waals surface area contributed by atoms with Crippen LogP contribution in [0.5, 0.6) is 0 Å². The Hall–Kier alpha value is -1.83. The molecule has 0 unspecified atom stereocenters. The number of nitrogens with zero attached hydrogens (tertiary/aromatic N) is 1. The molecule has 0 atom stereocenters. The van der Waals surface area contributed by atoms with Crippen molar-refractivity contribution >= 4 is 17.2 Å². The zero-order valence-corrected chi connectivity index (χ0v) is 11.8. The van der Waals surface area contributed by atoms with Crippen LogP contribution in [-0.2, 0) is 0 Å². The molecule has 0 aliphatic heterocycles. The lowest BCUT2D eigenvalue weighted by Crippen LogP contribution is -2.02. The smallest absolute Gasteiger partial charge is 0.142 e. The summed E-state index contributed by atoms with van der Waals surface area (Å²) in [5.41, 5.74) is 1.98. The van der Waals surface area contributed by atoms with Gasteiger partial charge in [0.05, 0.1) is 12.8 Å². The maximum atomic E-state index is 5.49. The van der Waals surface area contributed by atoms with Crippen molar-refractivity contribution in [2.45, 2.75) is 32.1 Å². The number of para-hydroxylation sites is 1. The van der Waals surface area contributed by atoms with E-state index in [-0.39, 0.29) is 0 Å². The zero-order chi connectivity index (χ0) is 13.6. The van der Waals surface area contributed by atoms with E-state index in [0.29, 0.717) is 0 Å². The van der Waals surface area contributed by atoms with Crippen molar-refractivity contribution < 1.29 is 4.42 Å². The summed E-state index contributed by atoms with van der Waals surface area (Å²) in [6.07, 6.45) is 15.1. The van der Waals surface area contributed by atoms with Gasteiger partial charge in [-0.05, 0) is 30.9 Å². The Kier molecular flexibility index (Phi) is 4.32. The minimum absolute atomic E-state index is 0.758. The predicted octanol–water partition coefficient (Wildman–Crippen LogP) is 4.99. The van der Waals surface area contributed by atoms with Crippen LogP contribution >= 0.6 is 0 Å². The third kappa shape index (κ3) is 3.19. The van der Waals surface area contributed by atoms with Gasteiger partial charge in [0.25, 0.3) is 0 Å². The summed E-state index contributed by atoms with van der Waals surface area (Å²) < 4.78 is 5.49. The van der Waals surface area contributed by atoms with Crippen molar-refractivity contribution in [3.8, 4) is 0 Å². The Morgan fingerprint density at radius 2 is 2.05 bits per heavy atom. The monoisotopic (exact) mass is 267 g/mol. The van der Waals surface area contributed by atoms with Gasteiger partial charge >= 0.3 is 0 Å². The quantitative estimate of drug-likeness (QED) is 0.566. The van der Waals surface area contributed by atoms with Crippen LogP contribution in [-0.4, -0.2) is 12.8 Å². The SMILES string of the molecule is C(=CC1CCCCC1)CN=Cc1cccc2ccoc12. The molecule has 1 aromatic heterocycles. The Morgan fingerprint density at radius 1 is 1.15 bits per heavy atom. The Labute approximate surface area is 120 Å². The Bertz CT molecular complexity index is 603. The molecule has 0 amide bonds. The van der Waals surface area contributed by atoms with E-state index in [9.17, 15) is 0 Å². The topological polar surface area (TPSA) is 25.5 Å². The van der Waals surface area contributed by atoms with Gasteiger partial charge in [-0.1, -0.05) is 43.5 Å². The summed E-state index contributed by atoms with van der Waals surface area (Å²) in [4.78, 5) is 4.48. The van der Waals surface area contributed by atoms with Gasteiger partial charge in [0.1, 0.15) is 5.58 Å². The van der Waals surface area contributed by atoms with E-state index in [4.69, 9.17) is 4.42 Å². The summed E-state index contributed by atoms with van der Waals surface area (Å²) in [7, 11) is 0. The first kappa shape index (κ1) is 13.2. The Balaban J connectivity index is 1.57. The molecule has 1 aromatic carbocycles. The summed E-state index contributed by atoms with van der Waals surface area (Å²) in [6, 6.07) is 8.12. The second-order valence-corrected chi connectivity index (χ2v) is 5.51. The van der Waals surface area contributed by atoms with E-state index in [1.807, 2.05) is 24.4 Å². The molecular formula is C18H21NO. The maximum absolute atomic E-state index is 5.49. The fourth-order valence-electron chi connectivity index (χ4n) is 2.91. The molecule has 1 heterocycles. The van der Waals surface area contributed by atoms with E-state index in [1.54, 1.807) is 6.26 Å². The molecule has 1 saturated carbocycles. The van der Waals surface area contributed by atoms with Gasteiger partial charge < -0.3 is 4.42 Å². The van der Waals surface area contributed by atoms with Gasteiger partial charge in [-0.3, -0.25) is 4.99 Å². The molecule has 1 aliphatic rings. The number of allylic oxidation sites excluding steroid dienone is 1. The van der Waals surface area contributed by atoms with Crippen molar-refractivity contribution in [1.82, 2.24) is 0 Å². The second-order valence-electron chi connectivity index (χ2n) is 5.51. The average Bonchev–Trinajstić information content (AvgIpc) is 2.97. The van der Waals surface area contributed by atoms with Gasteiger partial charge in [-0.15, -0.1) is 0 Å². The van der Waals surface area contributed by atoms with Crippen LogP contribution in [0.2, 0.25) is 0 Å². The third-order valence-electron chi connectivity index (χ3n) is 4.01. The molecule has 3 rings (SSSR count). The van der Waals surface area contributed by atoms with E-state index in [2.05, 4.69) is 23.2 Å². The van der Waals surface area contributed by atoms with Crippen molar-refractivity contribution in [3.05, 3.63) is 48.2 Å². The van der Waals surface area contributed by atoms with Gasteiger partial charge in [-0.2, -0.15) is 0 Å². The highest BCUT2D eigenvalue weighted by Crippen LogP contribution is 2.24. The molecule has 20 heavy (non-hydrogen) atoms. The highest BCUT2D eigenvalue weighted by molar-refractivity contribution is 5.96. The summed E-state index contributed by atoms with van der Waals surface area (Å²) in [5, 5.41) is 1.13. The minimum atomic E-state index is 0.758. The number of benzene rings is 1. The number of furan rings is 1. The minimum Gasteiger partial charge on any atom is -0.464 e. The molecule has 1 fully saturated rings. The number of hydrogen-bond donors (Lipinski definition) is 0. The summed E-state index contributed by atoms with van der Waals surface area (Å²) in [6.45, 7) is 0.758. The van der Waals surface area contributed by atoms with Crippen molar-refractivity contribution in [3.63, 3.8) is 0 Å². The van der Waals surface area contributed by atoms with Gasteiger partial charge in [-0.25, -0.2) is 0 Å². The first-order chi connectivity index (χ1) is 9.93. The first-order valence-corrected chi connectivity index (χ1v) is 7.56. The van der Waals surface area contributed by atoms with Gasteiger partial charge in [0.15, 0.2) is 0 Å². The molecule has 0 spiro atoms. The number of hydrogen-bond acceptors (Lipinski definition) is 2.